The molecule has 0 bridgehead atoms. The second-order valence-electron chi connectivity index (χ2n) is 4.64. The van der Waals surface area contributed by atoms with Gasteiger partial charge in [0.15, 0.2) is 0 Å². The molecule has 0 aromatic carbocycles. The smallest absolute Gasteiger partial charge is 0.0204 e. The minimum absolute atomic E-state index is 0.549. The normalized spacial score (nSPS) is 24.7. The molecule has 0 saturated heterocycles. The van der Waals surface area contributed by atoms with Gasteiger partial charge in [0.1, 0.15) is 0 Å². The summed E-state index contributed by atoms with van der Waals surface area (Å²) in [7, 11) is 0. The highest BCUT2D eigenvalue weighted by Crippen LogP contribution is 2.41. The molecule has 1 atom stereocenters. The van der Waals surface area contributed by atoms with E-state index in [-0.39, 0.29) is 0 Å². The lowest BCUT2D eigenvalue weighted by molar-refractivity contribution is 0.704. The molecule has 0 aromatic rings. The Hall–Kier alpha value is -1.04. The van der Waals surface area contributed by atoms with E-state index in [2.05, 4.69) is 51.2 Å². The second kappa shape index (κ2) is 4.86. The monoisotopic (exact) mass is 214 g/mol. The van der Waals surface area contributed by atoms with Crippen LogP contribution in [-0.2, 0) is 0 Å². The molecule has 0 heteroatoms. The summed E-state index contributed by atoms with van der Waals surface area (Å²) in [5.74, 6) is 1.25. The van der Waals surface area contributed by atoms with E-state index >= 15 is 0 Å². The molecule has 0 fully saturated rings. The number of rotatable bonds is 4. The Bertz CT molecular complexity index is 365. The first kappa shape index (κ1) is 11.4. The Labute approximate surface area is 99.4 Å². The summed E-state index contributed by atoms with van der Waals surface area (Å²) < 4.78 is 0. The molecule has 2 aliphatic carbocycles. The molecule has 2 aliphatic rings. The predicted octanol–water partition coefficient (Wildman–Crippen LogP) is 4.81. The lowest BCUT2D eigenvalue weighted by Crippen LogP contribution is -1.98. The number of hydrogen-bond donors (Lipinski definition) is 0. The van der Waals surface area contributed by atoms with Crippen LogP contribution in [0.3, 0.4) is 0 Å². The van der Waals surface area contributed by atoms with E-state index in [9.17, 15) is 0 Å². The Kier molecular flexibility index (Phi) is 3.48. The van der Waals surface area contributed by atoms with Crippen molar-refractivity contribution < 1.29 is 0 Å². The van der Waals surface area contributed by atoms with E-state index in [1.54, 1.807) is 16.7 Å². The highest BCUT2D eigenvalue weighted by molar-refractivity contribution is 5.50. The molecule has 0 aliphatic heterocycles. The highest BCUT2D eigenvalue weighted by Gasteiger charge is 2.26. The molecule has 86 valence electrons. The van der Waals surface area contributed by atoms with Crippen LogP contribution in [0.4, 0.5) is 0 Å². The van der Waals surface area contributed by atoms with Crippen LogP contribution >= 0.6 is 0 Å². The SMILES string of the molecule is CCC1=C(CC)C(CC)C=C1C1C=CC=C1. The van der Waals surface area contributed by atoms with Crippen LogP contribution in [0.5, 0.6) is 0 Å². The fourth-order valence-electron chi connectivity index (χ4n) is 3.05. The first-order valence-corrected chi connectivity index (χ1v) is 6.60. The van der Waals surface area contributed by atoms with Crippen LogP contribution in [0.2, 0.25) is 0 Å². The summed E-state index contributed by atoms with van der Waals surface area (Å²) in [6.07, 6.45) is 15.1. The van der Waals surface area contributed by atoms with Gasteiger partial charge in [-0.25, -0.2) is 0 Å². The summed E-state index contributed by atoms with van der Waals surface area (Å²) in [5, 5.41) is 0. The van der Waals surface area contributed by atoms with Crippen molar-refractivity contribution in [3.05, 3.63) is 47.1 Å². The van der Waals surface area contributed by atoms with E-state index in [0.717, 1.165) is 0 Å². The van der Waals surface area contributed by atoms with Crippen LogP contribution in [0.25, 0.3) is 0 Å². The zero-order valence-electron chi connectivity index (χ0n) is 10.7. The van der Waals surface area contributed by atoms with Crippen LogP contribution in [0.15, 0.2) is 47.1 Å². The minimum Gasteiger partial charge on any atom is -0.0732 e. The fourth-order valence-corrected chi connectivity index (χ4v) is 3.05. The van der Waals surface area contributed by atoms with Crippen molar-refractivity contribution in [3.63, 3.8) is 0 Å². The Morgan fingerprint density at radius 3 is 2.19 bits per heavy atom. The summed E-state index contributed by atoms with van der Waals surface area (Å²) in [4.78, 5) is 0. The Morgan fingerprint density at radius 1 is 1.00 bits per heavy atom. The molecular weight excluding hydrogens is 192 g/mol. The third kappa shape index (κ3) is 1.81. The topological polar surface area (TPSA) is 0 Å². The molecule has 0 aromatic heterocycles. The largest absolute Gasteiger partial charge is 0.0732 e. The molecule has 0 spiro atoms. The summed E-state index contributed by atoms with van der Waals surface area (Å²) in [6, 6.07) is 0. The lowest BCUT2D eigenvalue weighted by atomic mass is 9.91. The van der Waals surface area contributed by atoms with Crippen molar-refractivity contribution in [2.75, 3.05) is 0 Å². The highest BCUT2D eigenvalue weighted by atomic mass is 14.3. The maximum Gasteiger partial charge on any atom is 0.0204 e. The zero-order chi connectivity index (χ0) is 11.5. The van der Waals surface area contributed by atoms with E-state index in [1.165, 1.54) is 19.3 Å². The van der Waals surface area contributed by atoms with Crippen molar-refractivity contribution in [1.82, 2.24) is 0 Å². The van der Waals surface area contributed by atoms with Gasteiger partial charge >= 0.3 is 0 Å². The van der Waals surface area contributed by atoms with Crippen molar-refractivity contribution >= 4 is 0 Å². The average molecular weight is 214 g/mol. The maximum atomic E-state index is 2.52. The third-order valence-electron chi connectivity index (χ3n) is 3.85. The maximum absolute atomic E-state index is 2.52. The molecule has 1 unspecified atom stereocenters. The summed E-state index contributed by atoms with van der Waals surface area (Å²) in [5.41, 5.74) is 4.90. The third-order valence-corrected chi connectivity index (χ3v) is 3.85. The Morgan fingerprint density at radius 2 is 1.69 bits per heavy atom. The van der Waals surface area contributed by atoms with Crippen LogP contribution in [-0.4, -0.2) is 0 Å². The molecular formula is C16H22. The summed E-state index contributed by atoms with van der Waals surface area (Å²) in [6.45, 7) is 6.89. The molecule has 0 amide bonds. The van der Waals surface area contributed by atoms with Gasteiger partial charge in [-0.1, -0.05) is 56.7 Å². The van der Waals surface area contributed by atoms with Crippen LogP contribution in [0, 0.1) is 11.8 Å². The van der Waals surface area contributed by atoms with Crippen LogP contribution < -0.4 is 0 Å². The first-order chi connectivity index (χ1) is 7.81. The van der Waals surface area contributed by atoms with Crippen LogP contribution in [0.1, 0.15) is 40.0 Å². The van der Waals surface area contributed by atoms with Gasteiger partial charge in [0.25, 0.3) is 0 Å². The lowest BCUT2D eigenvalue weighted by Gasteiger charge is -2.13. The average Bonchev–Trinajstić information content (AvgIpc) is 2.94. The number of allylic oxidation sites excluding steroid dienone is 8. The zero-order valence-corrected chi connectivity index (χ0v) is 10.7. The molecule has 0 saturated carbocycles. The quantitative estimate of drug-likeness (QED) is 0.630. The van der Waals surface area contributed by atoms with Crippen molar-refractivity contribution in [2.24, 2.45) is 11.8 Å². The molecule has 16 heavy (non-hydrogen) atoms. The van der Waals surface area contributed by atoms with E-state index in [1.807, 2.05) is 0 Å². The molecule has 0 radical (unpaired) electrons. The van der Waals surface area contributed by atoms with E-state index in [0.29, 0.717) is 11.8 Å². The Balaban J connectivity index is 2.34. The first-order valence-electron chi connectivity index (χ1n) is 6.60. The predicted molar refractivity (Wildman–Crippen MR) is 71.2 cm³/mol. The van der Waals surface area contributed by atoms with E-state index < -0.39 is 0 Å². The van der Waals surface area contributed by atoms with E-state index in [4.69, 9.17) is 0 Å². The summed E-state index contributed by atoms with van der Waals surface area (Å²) >= 11 is 0. The molecule has 0 heterocycles. The van der Waals surface area contributed by atoms with Gasteiger partial charge in [0.2, 0.25) is 0 Å². The van der Waals surface area contributed by atoms with Crippen molar-refractivity contribution in [2.45, 2.75) is 40.0 Å². The second-order valence-corrected chi connectivity index (χ2v) is 4.64. The molecule has 2 rings (SSSR count). The fraction of sp³-hybridized carbons (Fsp3) is 0.500. The van der Waals surface area contributed by atoms with Gasteiger partial charge in [-0.15, -0.1) is 0 Å². The van der Waals surface area contributed by atoms with Crippen molar-refractivity contribution in [1.29, 1.82) is 0 Å². The van der Waals surface area contributed by atoms with Crippen molar-refractivity contribution in [3.8, 4) is 0 Å². The van der Waals surface area contributed by atoms with Gasteiger partial charge in [0, 0.05) is 5.92 Å². The molecule has 0 nitrogen and oxygen atoms in total. The van der Waals surface area contributed by atoms with Gasteiger partial charge in [-0.2, -0.15) is 0 Å². The van der Waals surface area contributed by atoms with Gasteiger partial charge < -0.3 is 0 Å². The number of hydrogen-bond acceptors (Lipinski definition) is 0. The van der Waals surface area contributed by atoms with Gasteiger partial charge in [-0.3, -0.25) is 0 Å². The van der Waals surface area contributed by atoms with Gasteiger partial charge in [-0.05, 0) is 36.3 Å². The standard InChI is InChI=1S/C16H22/c1-4-12-11-16(13-9-7-8-10-13)15(6-3)14(12)5-2/h7-13H,4-6H2,1-3H3. The minimum atomic E-state index is 0.549. The molecule has 0 N–H and O–H groups in total. The van der Waals surface area contributed by atoms with Gasteiger partial charge in [0.05, 0.1) is 0 Å².